The summed E-state index contributed by atoms with van der Waals surface area (Å²) < 4.78 is 5.50. The van der Waals surface area contributed by atoms with E-state index in [0.717, 1.165) is 42.7 Å². The second kappa shape index (κ2) is 9.91. The summed E-state index contributed by atoms with van der Waals surface area (Å²) in [5.41, 5.74) is 4.86. The van der Waals surface area contributed by atoms with Crippen LogP contribution in [0.15, 0.2) is 79.3 Å². The van der Waals surface area contributed by atoms with E-state index in [-0.39, 0.29) is 5.91 Å². The first kappa shape index (κ1) is 21.9. The second-order valence-corrected chi connectivity index (χ2v) is 8.73. The number of rotatable bonds is 7. The van der Waals surface area contributed by atoms with Crippen LogP contribution < -0.4 is 10.1 Å². The molecule has 6 heteroatoms. The van der Waals surface area contributed by atoms with Crippen LogP contribution in [0.3, 0.4) is 0 Å². The maximum absolute atomic E-state index is 13.3. The average Bonchev–Trinajstić information content (AvgIpc) is 3.36. The minimum atomic E-state index is 0.0640. The van der Waals surface area contributed by atoms with Crippen molar-refractivity contribution < 1.29 is 9.53 Å². The summed E-state index contributed by atoms with van der Waals surface area (Å²) in [6.45, 7) is 2.14. The molecule has 4 aromatic rings. The molecule has 0 unspecified atom stereocenters. The lowest BCUT2D eigenvalue weighted by atomic mass is 9.96. The molecule has 2 aromatic heterocycles. The van der Waals surface area contributed by atoms with Gasteiger partial charge in [0.2, 0.25) is 0 Å². The Morgan fingerprint density at radius 2 is 2.03 bits per heavy atom. The van der Waals surface area contributed by atoms with Crippen LogP contribution in [0, 0.1) is 5.92 Å². The van der Waals surface area contributed by atoms with Gasteiger partial charge in [-0.2, -0.15) is 0 Å². The first-order chi connectivity index (χ1) is 16.7. The molecule has 0 saturated carbocycles. The Bertz CT molecular complexity index is 1290. The van der Waals surface area contributed by atoms with Crippen molar-refractivity contribution in [2.75, 3.05) is 25.5 Å². The minimum absolute atomic E-state index is 0.0640. The van der Waals surface area contributed by atoms with Crippen LogP contribution in [0.4, 0.5) is 5.69 Å². The van der Waals surface area contributed by atoms with Crippen LogP contribution in [0.5, 0.6) is 5.75 Å². The molecule has 3 heterocycles. The zero-order chi connectivity index (χ0) is 23.3. The number of hydrogen-bond donors (Lipinski definition) is 1. The van der Waals surface area contributed by atoms with Crippen LogP contribution in [0.2, 0.25) is 0 Å². The number of amides is 1. The lowest BCUT2D eigenvalue weighted by molar-refractivity contribution is 0.0787. The first-order valence-corrected chi connectivity index (χ1v) is 11.6. The fourth-order valence-corrected chi connectivity index (χ4v) is 4.70. The Kier molecular flexibility index (Phi) is 6.38. The highest BCUT2D eigenvalue weighted by Gasteiger charge is 2.28. The highest BCUT2D eigenvalue weighted by atomic mass is 16.5. The van der Waals surface area contributed by atoms with E-state index in [2.05, 4.69) is 33.5 Å². The van der Waals surface area contributed by atoms with E-state index in [1.54, 1.807) is 13.3 Å². The zero-order valence-electron chi connectivity index (χ0n) is 19.3. The number of ether oxygens (including phenoxy) is 1. The number of hydrogen-bond acceptors (Lipinski definition) is 5. The van der Waals surface area contributed by atoms with Crippen LogP contribution in [-0.2, 0) is 13.0 Å². The molecule has 1 fully saturated rings. The Morgan fingerprint density at radius 3 is 2.88 bits per heavy atom. The van der Waals surface area contributed by atoms with Gasteiger partial charge in [-0.1, -0.05) is 24.3 Å². The third-order valence-electron chi connectivity index (χ3n) is 6.47. The smallest absolute Gasteiger partial charge is 0.253 e. The van der Waals surface area contributed by atoms with Crippen LogP contribution in [0.1, 0.15) is 27.9 Å². The number of pyridine rings is 2. The largest absolute Gasteiger partial charge is 0.495 e. The van der Waals surface area contributed by atoms with E-state index in [9.17, 15) is 4.79 Å². The number of methoxy groups -OCH3 is 1. The second-order valence-electron chi connectivity index (χ2n) is 8.73. The molecule has 1 aliphatic heterocycles. The van der Waals surface area contributed by atoms with Crippen molar-refractivity contribution in [3.8, 4) is 5.75 Å². The van der Waals surface area contributed by atoms with Gasteiger partial charge in [0, 0.05) is 49.2 Å². The van der Waals surface area contributed by atoms with E-state index >= 15 is 0 Å². The molecule has 172 valence electrons. The molecule has 1 N–H and O–H groups in total. The number of benzene rings is 2. The maximum Gasteiger partial charge on any atom is 0.253 e. The van der Waals surface area contributed by atoms with Gasteiger partial charge in [-0.15, -0.1) is 0 Å². The number of aromatic nitrogens is 2. The first-order valence-electron chi connectivity index (χ1n) is 11.6. The molecule has 0 spiro atoms. The summed E-state index contributed by atoms with van der Waals surface area (Å²) >= 11 is 0. The molecule has 1 amide bonds. The number of anilines is 1. The van der Waals surface area contributed by atoms with Gasteiger partial charge >= 0.3 is 0 Å². The van der Waals surface area contributed by atoms with Gasteiger partial charge in [0.05, 0.1) is 18.3 Å². The van der Waals surface area contributed by atoms with Gasteiger partial charge in [0.1, 0.15) is 5.75 Å². The van der Waals surface area contributed by atoms with Crippen LogP contribution in [-0.4, -0.2) is 41.0 Å². The quantitative estimate of drug-likeness (QED) is 0.430. The number of likely N-dealkylation sites (tertiary alicyclic amines) is 1. The molecule has 1 saturated heterocycles. The molecule has 34 heavy (non-hydrogen) atoms. The van der Waals surface area contributed by atoms with Crippen molar-refractivity contribution in [3.05, 3.63) is 95.9 Å². The van der Waals surface area contributed by atoms with Gasteiger partial charge in [0.15, 0.2) is 0 Å². The number of fused-ring (bicyclic) bond motifs is 1. The number of carbonyl (C=O) groups is 1. The van der Waals surface area contributed by atoms with Crippen molar-refractivity contribution in [1.29, 1.82) is 0 Å². The summed E-state index contributed by atoms with van der Waals surface area (Å²) in [4.78, 5) is 23.9. The van der Waals surface area contributed by atoms with Gasteiger partial charge in [-0.05, 0) is 66.3 Å². The van der Waals surface area contributed by atoms with Crippen LogP contribution in [0.25, 0.3) is 10.9 Å². The van der Waals surface area contributed by atoms with E-state index in [4.69, 9.17) is 4.74 Å². The summed E-state index contributed by atoms with van der Waals surface area (Å²) in [5.74, 6) is 1.22. The lowest BCUT2D eigenvalue weighted by Crippen LogP contribution is -2.29. The molecule has 1 aliphatic rings. The van der Waals surface area contributed by atoms with Gasteiger partial charge in [0.25, 0.3) is 5.91 Å². The number of carbonyl (C=O) groups excluding carboxylic acids is 1. The SMILES string of the molecule is COc1ccc(C(=O)N2CC[C@@H](Cc3cccc4ncccc34)C2)cc1NCc1cccnc1. The fourth-order valence-electron chi connectivity index (χ4n) is 4.70. The van der Waals surface area contributed by atoms with Gasteiger partial charge < -0.3 is 15.0 Å². The van der Waals surface area contributed by atoms with E-state index < -0.39 is 0 Å². The highest BCUT2D eigenvalue weighted by molar-refractivity contribution is 5.96. The Labute approximate surface area is 199 Å². The Hall–Kier alpha value is -3.93. The van der Waals surface area contributed by atoms with E-state index in [1.165, 1.54) is 10.9 Å². The minimum Gasteiger partial charge on any atom is -0.495 e. The zero-order valence-corrected chi connectivity index (χ0v) is 19.3. The van der Waals surface area contributed by atoms with Crippen molar-refractivity contribution in [2.24, 2.45) is 5.92 Å². The topological polar surface area (TPSA) is 67.3 Å². The predicted molar refractivity (Wildman–Crippen MR) is 134 cm³/mol. The standard InChI is InChI=1S/C28H28N4O2/c1-34-27-10-9-23(16-26(27)31-18-21-5-3-12-29-17-21)28(33)32-14-11-20(19-32)15-22-6-2-8-25-24(22)7-4-13-30-25/h2-10,12-13,16-17,20,31H,11,14-15,18-19H2,1H3/t20-/m0/s1. The number of nitrogens with zero attached hydrogens (tertiary/aromatic N) is 3. The molecule has 6 nitrogen and oxygen atoms in total. The molecule has 1 atom stereocenters. The summed E-state index contributed by atoms with van der Waals surface area (Å²) in [6.07, 6.45) is 7.36. The lowest BCUT2D eigenvalue weighted by Gasteiger charge is -2.19. The molecule has 0 radical (unpaired) electrons. The van der Waals surface area contributed by atoms with E-state index in [1.807, 2.05) is 59.8 Å². The Morgan fingerprint density at radius 1 is 1.12 bits per heavy atom. The maximum atomic E-state index is 13.3. The third kappa shape index (κ3) is 4.71. The molecule has 5 rings (SSSR count). The van der Waals surface area contributed by atoms with Crippen molar-refractivity contribution >= 4 is 22.5 Å². The summed E-state index contributed by atoms with van der Waals surface area (Å²) in [5, 5.41) is 4.59. The highest BCUT2D eigenvalue weighted by Crippen LogP contribution is 2.29. The molecule has 0 bridgehead atoms. The summed E-state index contributed by atoms with van der Waals surface area (Å²) in [6, 6.07) is 19.9. The Balaban J connectivity index is 1.27. The molecular weight excluding hydrogens is 424 g/mol. The normalized spacial score (nSPS) is 15.4. The van der Waals surface area contributed by atoms with Crippen LogP contribution >= 0.6 is 0 Å². The third-order valence-corrected chi connectivity index (χ3v) is 6.47. The monoisotopic (exact) mass is 452 g/mol. The average molecular weight is 453 g/mol. The molecular formula is C28H28N4O2. The van der Waals surface area contributed by atoms with Gasteiger partial charge in [-0.3, -0.25) is 14.8 Å². The van der Waals surface area contributed by atoms with E-state index in [0.29, 0.717) is 23.8 Å². The predicted octanol–water partition coefficient (Wildman–Crippen LogP) is 4.96. The fraction of sp³-hybridized carbons (Fsp3) is 0.250. The van der Waals surface area contributed by atoms with Crippen molar-refractivity contribution in [3.63, 3.8) is 0 Å². The van der Waals surface area contributed by atoms with Gasteiger partial charge in [-0.25, -0.2) is 0 Å². The molecule has 0 aliphatic carbocycles. The summed E-state index contributed by atoms with van der Waals surface area (Å²) in [7, 11) is 1.64. The number of nitrogens with one attached hydrogen (secondary N) is 1. The molecule has 2 aromatic carbocycles. The van der Waals surface area contributed by atoms with Crippen molar-refractivity contribution in [1.82, 2.24) is 14.9 Å². The van der Waals surface area contributed by atoms with Crippen molar-refractivity contribution in [2.45, 2.75) is 19.4 Å².